The average Bonchev–Trinajstić information content (AvgIpc) is 2.37. The molecule has 0 aliphatic heterocycles. The third-order valence-electron chi connectivity index (χ3n) is 6.38. The lowest BCUT2D eigenvalue weighted by molar-refractivity contribution is -0.152. The van der Waals surface area contributed by atoms with Crippen molar-refractivity contribution in [1.29, 1.82) is 0 Å². The molecule has 0 saturated heterocycles. The predicted octanol–water partition coefficient (Wildman–Crippen LogP) is 4.20. The van der Waals surface area contributed by atoms with Crippen molar-refractivity contribution in [3.05, 3.63) is 35.9 Å². The first kappa shape index (κ1) is 12.9. The van der Waals surface area contributed by atoms with Crippen LogP contribution in [-0.4, -0.2) is 11.2 Å². The van der Waals surface area contributed by atoms with E-state index in [-0.39, 0.29) is 11.5 Å². The summed E-state index contributed by atoms with van der Waals surface area (Å²) in [7, 11) is 0. The molecule has 1 N–H and O–H groups in total. The number of rotatable bonds is 3. The van der Waals surface area contributed by atoms with E-state index in [1.165, 1.54) is 44.1 Å². The Labute approximate surface area is 122 Å². The van der Waals surface area contributed by atoms with Gasteiger partial charge >= 0.3 is 0 Å². The van der Waals surface area contributed by atoms with Crippen molar-refractivity contribution in [1.82, 2.24) is 0 Å². The van der Waals surface area contributed by atoms with Crippen LogP contribution in [0.25, 0.3) is 0 Å². The van der Waals surface area contributed by atoms with Gasteiger partial charge in [-0.2, -0.15) is 0 Å². The number of hydrogen-bond donors (Lipinski definition) is 1. The number of hydrogen-bond acceptors (Lipinski definition) is 1. The van der Waals surface area contributed by atoms with Gasteiger partial charge in [-0.3, -0.25) is 0 Å². The fourth-order valence-electron chi connectivity index (χ4n) is 6.24. The van der Waals surface area contributed by atoms with Crippen LogP contribution in [0.4, 0.5) is 0 Å². The van der Waals surface area contributed by atoms with Gasteiger partial charge in [-0.25, -0.2) is 0 Å². The van der Waals surface area contributed by atoms with E-state index in [1.54, 1.807) is 0 Å². The van der Waals surface area contributed by atoms with E-state index < -0.39 is 0 Å². The summed E-state index contributed by atoms with van der Waals surface area (Å²) in [5, 5.41) is 11.0. The minimum absolute atomic E-state index is 0.143. The van der Waals surface area contributed by atoms with E-state index in [2.05, 4.69) is 37.3 Å². The standard InChI is InChI=1S/C19H26O/c1-18-9-15-7-16(10-18)12-19(11-15,13-18)17(20)8-14-5-3-2-4-6-14/h2-6,15-17,20H,7-13H2,1H3. The van der Waals surface area contributed by atoms with Crippen molar-refractivity contribution in [2.75, 3.05) is 0 Å². The number of aliphatic hydroxyl groups is 1. The normalized spacial score (nSPS) is 43.7. The van der Waals surface area contributed by atoms with Gasteiger partial charge in [0.2, 0.25) is 0 Å². The predicted molar refractivity (Wildman–Crippen MR) is 81.4 cm³/mol. The maximum atomic E-state index is 11.0. The lowest BCUT2D eigenvalue weighted by Crippen LogP contribution is -2.55. The first-order valence-electron chi connectivity index (χ1n) is 8.29. The fraction of sp³-hybridized carbons (Fsp3) is 0.684. The van der Waals surface area contributed by atoms with E-state index >= 15 is 0 Å². The van der Waals surface area contributed by atoms with Gasteiger partial charge in [-0.05, 0) is 73.2 Å². The molecule has 4 fully saturated rings. The molecular weight excluding hydrogens is 244 g/mol. The van der Waals surface area contributed by atoms with Gasteiger partial charge in [-0.15, -0.1) is 0 Å². The van der Waals surface area contributed by atoms with Crippen molar-refractivity contribution in [3.8, 4) is 0 Å². The molecule has 3 unspecified atom stereocenters. The Morgan fingerprint density at radius 2 is 1.75 bits per heavy atom. The minimum Gasteiger partial charge on any atom is -0.392 e. The molecule has 0 radical (unpaired) electrons. The molecule has 5 rings (SSSR count). The monoisotopic (exact) mass is 270 g/mol. The lowest BCUT2D eigenvalue weighted by atomic mass is 9.43. The molecule has 1 aromatic carbocycles. The van der Waals surface area contributed by atoms with Crippen LogP contribution in [0.3, 0.4) is 0 Å². The van der Waals surface area contributed by atoms with Crippen LogP contribution >= 0.6 is 0 Å². The second kappa shape index (κ2) is 4.34. The minimum atomic E-state index is -0.143. The largest absolute Gasteiger partial charge is 0.392 e. The van der Waals surface area contributed by atoms with Crippen molar-refractivity contribution in [3.63, 3.8) is 0 Å². The fourth-order valence-corrected chi connectivity index (χ4v) is 6.24. The van der Waals surface area contributed by atoms with Gasteiger partial charge in [0, 0.05) is 0 Å². The van der Waals surface area contributed by atoms with Crippen LogP contribution in [0.15, 0.2) is 30.3 Å². The summed E-state index contributed by atoms with van der Waals surface area (Å²) < 4.78 is 0. The first-order chi connectivity index (χ1) is 9.57. The third kappa shape index (κ3) is 2.02. The van der Waals surface area contributed by atoms with Crippen molar-refractivity contribution < 1.29 is 5.11 Å². The lowest BCUT2D eigenvalue weighted by Gasteiger charge is -2.62. The SMILES string of the molecule is CC12CC3CC(C1)CC(C(O)Cc1ccccc1)(C3)C2. The molecule has 4 aliphatic rings. The summed E-state index contributed by atoms with van der Waals surface area (Å²) in [6.07, 6.45) is 8.81. The molecule has 1 nitrogen and oxygen atoms in total. The molecule has 1 heteroatoms. The molecular formula is C19H26O. The van der Waals surface area contributed by atoms with Gasteiger partial charge in [0.25, 0.3) is 0 Å². The highest BCUT2D eigenvalue weighted by molar-refractivity contribution is 5.18. The smallest absolute Gasteiger partial charge is 0.0637 e. The Morgan fingerprint density at radius 3 is 2.35 bits per heavy atom. The maximum absolute atomic E-state index is 11.0. The molecule has 4 bridgehead atoms. The molecule has 3 atom stereocenters. The summed E-state index contributed by atoms with van der Waals surface area (Å²) in [4.78, 5) is 0. The molecule has 108 valence electrons. The highest BCUT2D eigenvalue weighted by Gasteiger charge is 2.57. The second-order valence-corrected chi connectivity index (χ2v) is 8.34. The molecule has 1 aromatic rings. The molecule has 0 spiro atoms. The topological polar surface area (TPSA) is 20.2 Å². The maximum Gasteiger partial charge on any atom is 0.0637 e. The van der Waals surface area contributed by atoms with E-state index in [1.807, 2.05) is 0 Å². The molecule has 0 heterocycles. The Balaban J connectivity index is 1.58. The van der Waals surface area contributed by atoms with Gasteiger partial charge in [0.05, 0.1) is 6.10 Å². The van der Waals surface area contributed by atoms with E-state index in [9.17, 15) is 5.11 Å². The molecule has 4 aliphatic carbocycles. The Bertz CT molecular complexity index is 478. The van der Waals surface area contributed by atoms with Crippen molar-refractivity contribution in [2.24, 2.45) is 22.7 Å². The summed E-state index contributed by atoms with van der Waals surface area (Å²) in [6.45, 7) is 2.48. The van der Waals surface area contributed by atoms with Crippen LogP contribution in [0.1, 0.15) is 51.0 Å². The Morgan fingerprint density at radius 1 is 1.10 bits per heavy atom. The summed E-state index contributed by atoms with van der Waals surface area (Å²) in [5.74, 6) is 1.79. The molecule has 0 aromatic heterocycles. The zero-order valence-electron chi connectivity index (χ0n) is 12.5. The summed E-state index contributed by atoms with van der Waals surface area (Å²) >= 11 is 0. The van der Waals surface area contributed by atoms with Crippen molar-refractivity contribution in [2.45, 2.75) is 58.0 Å². The number of benzene rings is 1. The molecule has 4 saturated carbocycles. The van der Waals surface area contributed by atoms with E-state index in [0.29, 0.717) is 5.41 Å². The Hall–Kier alpha value is -0.820. The van der Waals surface area contributed by atoms with Crippen LogP contribution in [-0.2, 0) is 6.42 Å². The number of aliphatic hydroxyl groups excluding tert-OH is 1. The summed E-state index contributed by atoms with van der Waals surface area (Å²) in [5.41, 5.74) is 2.05. The highest BCUT2D eigenvalue weighted by Crippen LogP contribution is 2.66. The van der Waals surface area contributed by atoms with Gasteiger partial charge in [0.15, 0.2) is 0 Å². The second-order valence-electron chi connectivity index (χ2n) is 8.34. The third-order valence-corrected chi connectivity index (χ3v) is 6.38. The molecule has 0 amide bonds. The van der Waals surface area contributed by atoms with Crippen LogP contribution < -0.4 is 0 Å². The van der Waals surface area contributed by atoms with Crippen molar-refractivity contribution >= 4 is 0 Å². The quantitative estimate of drug-likeness (QED) is 0.873. The van der Waals surface area contributed by atoms with Gasteiger partial charge < -0.3 is 5.11 Å². The van der Waals surface area contributed by atoms with Crippen LogP contribution in [0, 0.1) is 22.7 Å². The highest BCUT2D eigenvalue weighted by atomic mass is 16.3. The first-order valence-corrected chi connectivity index (χ1v) is 8.29. The zero-order valence-corrected chi connectivity index (χ0v) is 12.5. The summed E-state index contributed by atoms with van der Waals surface area (Å²) in [6, 6.07) is 10.5. The Kier molecular flexibility index (Phi) is 2.79. The zero-order chi connectivity index (χ0) is 13.8. The average molecular weight is 270 g/mol. The van der Waals surface area contributed by atoms with Crippen LogP contribution in [0.5, 0.6) is 0 Å². The van der Waals surface area contributed by atoms with Gasteiger partial charge in [-0.1, -0.05) is 37.3 Å². The van der Waals surface area contributed by atoms with E-state index in [0.717, 1.165) is 18.3 Å². The van der Waals surface area contributed by atoms with Gasteiger partial charge in [0.1, 0.15) is 0 Å². The van der Waals surface area contributed by atoms with Crippen LogP contribution in [0.2, 0.25) is 0 Å². The van der Waals surface area contributed by atoms with E-state index in [4.69, 9.17) is 0 Å². The molecule has 20 heavy (non-hydrogen) atoms.